The Labute approximate surface area is 151 Å². The Balaban J connectivity index is 2.60. The van der Waals surface area contributed by atoms with Gasteiger partial charge in [-0.05, 0) is 57.6 Å². The zero-order chi connectivity index (χ0) is 18.8. The molecule has 25 heavy (non-hydrogen) atoms. The molecule has 6 nitrogen and oxygen atoms in total. The molecule has 0 aliphatic rings. The van der Waals surface area contributed by atoms with Crippen LogP contribution < -0.4 is 15.5 Å². The largest absolute Gasteiger partial charge is 0.372 e. The average Bonchev–Trinajstić information content (AvgIpc) is 2.61. The molecular weight excluding hydrogens is 316 g/mol. The van der Waals surface area contributed by atoms with Gasteiger partial charge in [0.1, 0.15) is 0 Å². The predicted molar refractivity (Wildman–Crippen MR) is 104 cm³/mol. The molecule has 1 rings (SSSR count). The Morgan fingerprint density at radius 2 is 1.60 bits per heavy atom. The van der Waals surface area contributed by atoms with Crippen molar-refractivity contribution in [2.75, 3.05) is 49.5 Å². The van der Waals surface area contributed by atoms with Crippen molar-refractivity contribution in [3.63, 3.8) is 0 Å². The van der Waals surface area contributed by atoms with Gasteiger partial charge >= 0.3 is 11.8 Å². The minimum Gasteiger partial charge on any atom is -0.372 e. The fourth-order valence-electron chi connectivity index (χ4n) is 2.70. The van der Waals surface area contributed by atoms with Gasteiger partial charge in [0.25, 0.3) is 0 Å². The topological polar surface area (TPSA) is 64.7 Å². The lowest BCUT2D eigenvalue weighted by molar-refractivity contribution is -0.136. The molecule has 0 radical (unpaired) electrons. The van der Waals surface area contributed by atoms with Gasteiger partial charge in [-0.1, -0.05) is 13.8 Å². The van der Waals surface area contributed by atoms with Crippen molar-refractivity contribution in [3.8, 4) is 0 Å². The quantitative estimate of drug-likeness (QED) is 0.672. The normalized spacial score (nSPS) is 10.6. The van der Waals surface area contributed by atoms with E-state index in [2.05, 4.69) is 48.1 Å². The van der Waals surface area contributed by atoms with Crippen molar-refractivity contribution >= 4 is 23.2 Å². The van der Waals surface area contributed by atoms with E-state index in [-0.39, 0.29) is 0 Å². The molecule has 0 saturated heterocycles. The Morgan fingerprint density at radius 3 is 2.12 bits per heavy atom. The smallest absolute Gasteiger partial charge is 0.313 e. The van der Waals surface area contributed by atoms with Crippen LogP contribution in [0.15, 0.2) is 18.2 Å². The summed E-state index contributed by atoms with van der Waals surface area (Å²) in [4.78, 5) is 28.4. The van der Waals surface area contributed by atoms with Gasteiger partial charge in [-0.15, -0.1) is 0 Å². The SMILES string of the molecule is CCN(CC)CCNC(=O)C(=O)Nc1ccc(N(CC)CC)cc1C. The monoisotopic (exact) mass is 348 g/mol. The predicted octanol–water partition coefficient (Wildman–Crippen LogP) is 2.24. The van der Waals surface area contributed by atoms with E-state index in [4.69, 9.17) is 0 Å². The second-order valence-corrected chi connectivity index (χ2v) is 5.91. The highest BCUT2D eigenvalue weighted by Crippen LogP contribution is 2.22. The molecule has 0 saturated carbocycles. The fraction of sp³-hybridized carbons (Fsp3) is 0.579. The van der Waals surface area contributed by atoms with Crippen LogP contribution in [0.25, 0.3) is 0 Å². The van der Waals surface area contributed by atoms with Gasteiger partial charge in [-0.3, -0.25) is 9.59 Å². The second-order valence-electron chi connectivity index (χ2n) is 5.91. The highest BCUT2D eigenvalue weighted by atomic mass is 16.2. The molecule has 1 aromatic rings. The molecule has 0 aliphatic carbocycles. The van der Waals surface area contributed by atoms with E-state index in [1.807, 2.05) is 25.1 Å². The van der Waals surface area contributed by atoms with Crippen LogP contribution in [-0.4, -0.2) is 56.0 Å². The molecule has 0 bridgehead atoms. The van der Waals surface area contributed by atoms with E-state index in [1.54, 1.807) is 0 Å². The molecule has 2 N–H and O–H groups in total. The summed E-state index contributed by atoms with van der Waals surface area (Å²) >= 11 is 0. The molecule has 0 heterocycles. The van der Waals surface area contributed by atoms with Crippen LogP contribution in [0.3, 0.4) is 0 Å². The molecule has 6 heteroatoms. The van der Waals surface area contributed by atoms with E-state index in [0.29, 0.717) is 12.2 Å². The summed E-state index contributed by atoms with van der Waals surface area (Å²) in [6.45, 7) is 15.2. The molecule has 0 fully saturated rings. The average molecular weight is 348 g/mol. The molecule has 0 aliphatic heterocycles. The zero-order valence-corrected chi connectivity index (χ0v) is 16.2. The number of benzene rings is 1. The lowest BCUT2D eigenvalue weighted by Crippen LogP contribution is -2.40. The summed E-state index contributed by atoms with van der Waals surface area (Å²) in [5.41, 5.74) is 2.72. The number of hydrogen-bond donors (Lipinski definition) is 2. The molecule has 1 aromatic carbocycles. The van der Waals surface area contributed by atoms with Crippen molar-refractivity contribution in [1.82, 2.24) is 10.2 Å². The van der Waals surface area contributed by atoms with Gasteiger partial charge in [-0.2, -0.15) is 0 Å². The van der Waals surface area contributed by atoms with Gasteiger partial charge in [0, 0.05) is 37.6 Å². The van der Waals surface area contributed by atoms with Gasteiger partial charge in [0.15, 0.2) is 0 Å². The first-order valence-corrected chi connectivity index (χ1v) is 9.13. The highest BCUT2D eigenvalue weighted by molar-refractivity contribution is 6.39. The van der Waals surface area contributed by atoms with Crippen LogP contribution >= 0.6 is 0 Å². The Bertz CT molecular complexity index is 567. The van der Waals surface area contributed by atoms with Crippen LogP contribution in [-0.2, 0) is 9.59 Å². The minimum atomic E-state index is -0.627. The summed E-state index contributed by atoms with van der Waals surface area (Å²) in [6, 6.07) is 5.85. The lowest BCUT2D eigenvalue weighted by Gasteiger charge is -2.22. The van der Waals surface area contributed by atoms with E-state index < -0.39 is 11.8 Å². The molecule has 0 unspecified atom stereocenters. The molecule has 0 atom stereocenters. The van der Waals surface area contributed by atoms with Crippen molar-refractivity contribution in [2.45, 2.75) is 34.6 Å². The summed E-state index contributed by atoms with van der Waals surface area (Å²) in [5, 5.41) is 5.36. The maximum absolute atomic E-state index is 12.1. The first kappa shape index (κ1) is 21.0. The first-order chi connectivity index (χ1) is 12.0. The third kappa shape index (κ3) is 6.38. The van der Waals surface area contributed by atoms with Gasteiger partial charge in [-0.25, -0.2) is 0 Å². The molecule has 2 amide bonds. The summed E-state index contributed by atoms with van der Waals surface area (Å²) < 4.78 is 0. The zero-order valence-electron chi connectivity index (χ0n) is 16.2. The number of hydrogen-bond acceptors (Lipinski definition) is 4. The first-order valence-electron chi connectivity index (χ1n) is 9.13. The maximum atomic E-state index is 12.1. The van der Waals surface area contributed by atoms with Crippen LogP contribution in [0.4, 0.5) is 11.4 Å². The number of carbonyl (C=O) groups is 2. The number of carbonyl (C=O) groups excluding carboxylic acids is 2. The van der Waals surface area contributed by atoms with Crippen LogP contribution in [0.5, 0.6) is 0 Å². The number of aryl methyl sites for hydroxylation is 1. The fourth-order valence-corrected chi connectivity index (χ4v) is 2.70. The number of nitrogens with zero attached hydrogens (tertiary/aromatic N) is 2. The third-order valence-corrected chi connectivity index (χ3v) is 4.40. The van der Waals surface area contributed by atoms with Gasteiger partial charge < -0.3 is 20.4 Å². The molecular formula is C19H32N4O2. The minimum absolute atomic E-state index is 0.466. The number of rotatable bonds is 9. The van der Waals surface area contributed by atoms with Crippen molar-refractivity contribution in [2.24, 2.45) is 0 Å². The van der Waals surface area contributed by atoms with E-state index >= 15 is 0 Å². The van der Waals surface area contributed by atoms with Crippen LogP contribution in [0.1, 0.15) is 33.3 Å². The third-order valence-electron chi connectivity index (χ3n) is 4.40. The van der Waals surface area contributed by atoms with Crippen molar-refractivity contribution in [1.29, 1.82) is 0 Å². The van der Waals surface area contributed by atoms with E-state index in [1.165, 1.54) is 0 Å². The Hall–Kier alpha value is -2.08. The summed E-state index contributed by atoms with van der Waals surface area (Å²) in [6.07, 6.45) is 0. The highest BCUT2D eigenvalue weighted by Gasteiger charge is 2.15. The van der Waals surface area contributed by atoms with Crippen molar-refractivity contribution in [3.05, 3.63) is 23.8 Å². The Morgan fingerprint density at radius 1 is 0.960 bits per heavy atom. The number of amides is 2. The summed E-state index contributed by atoms with van der Waals surface area (Å²) in [7, 11) is 0. The van der Waals surface area contributed by atoms with Gasteiger partial charge in [0.05, 0.1) is 0 Å². The maximum Gasteiger partial charge on any atom is 0.313 e. The van der Waals surface area contributed by atoms with E-state index in [0.717, 1.165) is 44.0 Å². The summed E-state index contributed by atoms with van der Waals surface area (Å²) in [5.74, 6) is -1.22. The molecule has 0 aromatic heterocycles. The lowest BCUT2D eigenvalue weighted by atomic mass is 10.1. The van der Waals surface area contributed by atoms with Gasteiger partial charge in [0.2, 0.25) is 0 Å². The second kappa shape index (κ2) is 10.7. The number of anilines is 2. The van der Waals surface area contributed by atoms with Crippen LogP contribution in [0.2, 0.25) is 0 Å². The number of likely N-dealkylation sites (N-methyl/N-ethyl adjacent to an activating group) is 1. The molecule has 0 spiro atoms. The van der Waals surface area contributed by atoms with Crippen LogP contribution in [0, 0.1) is 6.92 Å². The van der Waals surface area contributed by atoms with E-state index in [9.17, 15) is 9.59 Å². The Kier molecular flexibility index (Phi) is 8.99. The standard InChI is InChI=1S/C19H32N4O2/c1-6-22(7-2)13-12-20-18(24)19(25)21-17-11-10-16(14-15(17)5)23(8-3)9-4/h10-11,14H,6-9,12-13H2,1-5H3,(H,20,24)(H,21,25). The number of nitrogens with one attached hydrogen (secondary N) is 2. The molecule has 140 valence electrons. The van der Waals surface area contributed by atoms with Crippen molar-refractivity contribution < 1.29 is 9.59 Å².